The number of hydrogen-bond acceptors (Lipinski definition) is 4. The molecule has 0 aromatic rings. The van der Waals surface area contributed by atoms with Crippen LogP contribution in [-0.4, -0.2) is 46.7 Å². The Labute approximate surface area is 98.5 Å². The van der Waals surface area contributed by atoms with Gasteiger partial charge in [-0.2, -0.15) is 11.8 Å². The minimum atomic E-state index is -1.35. The Balaban J connectivity index is 4.15. The van der Waals surface area contributed by atoms with Crippen LogP contribution in [0.5, 0.6) is 0 Å². The van der Waals surface area contributed by atoms with Crippen LogP contribution in [0.15, 0.2) is 4.99 Å². The number of halogens is 1. The molecule has 2 atom stereocenters. The van der Waals surface area contributed by atoms with Gasteiger partial charge in [0.15, 0.2) is 0 Å². The molecule has 0 aliphatic heterocycles. The number of hydrogen-bond donors (Lipinski definition) is 3. The lowest BCUT2D eigenvalue weighted by molar-refractivity contribution is -0.141. The van der Waals surface area contributed by atoms with Crippen LogP contribution >= 0.6 is 11.8 Å². The second kappa shape index (κ2) is 6.70. The average Bonchev–Trinajstić information content (AvgIpc) is 2.17. The van der Waals surface area contributed by atoms with E-state index in [-0.39, 0.29) is 12.3 Å². The number of nitrogens with zero attached hydrogens (tertiary/aromatic N) is 1. The van der Waals surface area contributed by atoms with Gasteiger partial charge in [-0.05, 0) is 13.8 Å². The maximum Gasteiger partial charge on any atom is 0.324 e. The number of carbonyl (C=O) groups is 1. The van der Waals surface area contributed by atoms with E-state index in [1.165, 1.54) is 6.92 Å². The number of carboxylic acid groups (broad SMARTS) is 1. The molecule has 0 bridgehead atoms. The van der Waals surface area contributed by atoms with E-state index in [9.17, 15) is 9.18 Å². The lowest BCUT2D eigenvalue weighted by atomic mass is 10.1. The summed E-state index contributed by atoms with van der Waals surface area (Å²) in [7, 11) is 0. The minimum Gasteiger partial charge on any atom is -0.480 e. The van der Waals surface area contributed by atoms with Crippen molar-refractivity contribution in [1.29, 1.82) is 0 Å². The summed E-state index contributed by atoms with van der Waals surface area (Å²) in [5.74, 6) is -0.584. The van der Waals surface area contributed by atoms with Crippen molar-refractivity contribution in [3.05, 3.63) is 0 Å². The van der Waals surface area contributed by atoms with Gasteiger partial charge in [0.25, 0.3) is 0 Å². The molecular formula is C9H18FN3O2S. The maximum absolute atomic E-state index is 12.6. The van der Waals surface area contributed by atoms with Gasteiger partial charge in [-0.1, -0.05) is 0 Å². The number of amidine groups is 1. The summed E-state index contributed by atoms with van der Waals surface area (Å²) in [6, 6.07) is 0. The molecule has 0 aliphatic rings. The number of alkyl halides is 1. The van der Waals surface area contributed by atoms with Crippen molar-refractivity contribution in [3.63, 3.8) is 0 Å². The van der Waals surface area contributed by atoms with Gasteiger partial charge in [0, 0.05) is 5.75 Å². The zero-order chi connectivity index (χ0) is 12.8. The molecule has 0 unspecified atom stereocenters. The van der Waals surface area contributed by atoms with Gasteiger partial charge in [-0.15, -0.1) is 0 Å². The van der Waals surface area contributed by atoms with Gasteiger partial charge in [0.2, 0.25) is 0 Å². The van der Waals surface area contributed by atoms with Gasteiger partial charge >= 0.3 is 5.97 Å². The zero-order valence-electron chi connectivity index (χ0n) is 9.44. The highest BCUT2D eigenvalue weighted by molar-refractivity contribution is 8.00. The van der Waals surface area contributed by atoms with E-state index < -0.39 is 23.4 Å². The molecule has 0 saturated carbocycles. The van der Waals surface area contributed by atoms with E-state index >= 15 is 0 Å². The number of nitrogens with two attached hydrogens (primary N) is 2. The Bertz CT molecular complexity index is 267. The molecule has 5 nitrogen and oxygen atoms in total. The molecule has 0 saturated heterocycles. The second-order valence-electron chi connectivity index (χ2n) is 3.79. The predicted molar refractivity (Wildman–Crippen MR) is 64.6 cm³/mol. The number of rotatable bonds is 7. The van der Waals surface area contributed by atoms with Crippen molar-refractivity contribution >= 4 is 23.6 Å². The molecular weight excluding hydrogens is 233 g/mol. The van der Waals surface area contributed by atoms with Gasteiger partial charge < -0.3 is 16.6 Å². The fourth-order valence-electron chi connectivity index (χ4n) is 0.745. The molecule has 5 N–H and O–H groups in total. The first-order valence-corrected chi connectivity index (χ1v) is 5.81. The van der Waals surface area contributed by atoms with E-state index in [4.69, 9.17) is 16.6 Å². The van der Waals surface area contributed by atoms with E-state index in [1.54, 1.807) is 6.92 Å². The fraction of sp³-hybridized carbons (Fsp3) is 0.778. The summed E-state index contributed by atoms with van der Waals surface area (Å²) in [5.41, 5.74) is 9.49. The Hall–Kier alpha value is -0.820. The van der Waals surface area contributed by atoms with Crippen LogP contribution < -0.4 is 11.5 Å². The Kier molecular flexibility index (Phi) is 6.35. The van der Waals surface area contributed by atoms with E-state index in [1.807, 2.05) is 0 Å². The van der Waals surface area contributed by atoms with E-state index in [0.717, 1.165) is 11.8 Å². The van der Waals surface area contributed by atoms with Gasteiger partial charge in [-0.25, -0.2) is 4.39 Å². The molecule has 0 amide bonds. The molecule has 0 aromatic carbocycles. The lowest BCUT2D eigenvalue weighted by Gasteiger charge is -2.20. The molecule has 94 valence electrons. The summed E-state index contributed by atoms with van der Waals surface area (Å²) in [5, 5.41) is 8.36. The van der Waals surface area contributed by atoms with Gasteiger partial charge in [0.05, 0.1) is 17.6 Å². The number of aliphatic carboxylic acids is 1. The summed E-state index contributed by atoms with van der Waals surface area (Å²) in [4.78, 5) is 14.6. The topological polar surface area (TPSA) is 102 Å². The molecule has 0 heterocycles. The van der Waals surface area contributed by atoms with E-state index in [0.29, 0.717) is 5.84 Å². The molecule has 0 fully saturated rings. The van der Waals surface area contributed by atoms with Crippen molar-refractivity contribution in [2.24, 2.45) is 16.5 Å². The highest BCUT2D eigenvalue weighted by Gasteiger charge is 2.29. The molecule has 0 radical (unpaired) electrons. The third-order valence-corrected chi connectivity index (χ3v) is 3.34. The number of carboxylic acids is 1. The lowest BCUT2D eigenvalue weighted by Crippen LogP contribution is -2.47. The average molecular weight is 251 g/mol. The highest BCUT2D eigenvalue weighted by Crippen LogP contribution is 2.17. The van der Waals surface area contributed by atoms with Crippen LogP contribution in [0.25, 0.3) is 0 Å². The summed E-state index contributed by atoms with van der Waals surface area (Å²) < 4.78 is 12.6. The van der Waals surface area contributed by atoms with Crippen molar-refractivity contribution < 1.29 is 14.3 Å². The molecule has 0 aliphatic carbocycles. The maximum atomic E-state index is 12.6. The van der Waals surface area contributed by atoms with Crippen LogP contribution in [0, 0.1) is 0 Å². The first kappa shape index (κ1) is 15.2. The number of thioether (sulfide) groups is 1. The standard InChI is InChI=1S/C9H18FN3O2S/c1-6(11)13-4-7(3-10)16-5-9(2,12)8(14)15/h7H,3-5,12H2,1-2H3,(H2,11,13)(H,14,15)/t7-,9+/m1/s1. The molecule has 0 spiro atoms. The number of aliphatic imine (C=N–C) groups is 1. The molecule has 7 heteroatoms. The van der Waals surface area contributed by atoms with Crippen LogP contribution in [0.4, 0.5) is 4.39 Å². The SMILES string of the molecule is CC(N)=NC[C@@H](CF)SC[C@](C)(N)C(=O)O. The largest absolute Gasteiger partial charge is 0.480 e. The van der Waals surface area contributed by atoms with Gasteiger partial charge in [-0.3, -0.25) is 9.79 Å². The monoisotopic (exact) mass is 251 g/mol. The van der Waals surface area contributed by atoms with Crippen molar-refractivity contribution in [2.75, 3.05) is 19.0 Å². The first-order chi connectivity index (χ1) is 7.29. The summed E-state index contributed by atoms with van der Waals surface area (Å²) in [6.45, 7) is 2.66. The zero-order valence-corrected chi connectivity index (χ0v) is 10.3. The summed E-state index contributed by atoms with van der Waals surface area (Å²) >= 11 is 1.16. The molecule has 0 aromatic heterocycles. The smallest absolute Gasteiger partial charge is 0.324 e. The molecule has 0 rings (SSSR count). The quantitative estimate of drug-likeness (QED) is 0.444. The Morgan fingerprint density at radius 1 is 1.69 bits per heavy atom. The third kappa shape index (κ3) is 5.92. The first-order valence-electron chi connectivity index (χ1n) is 4.76. The normalized spacial score (nSPS) is 17.9. The summed E-state index contributed by atoms with van der Waals surface area (Å²) in [6.07, 6.45) is 0. The van der Waals surface area contributed by atoms with Crippen LogP contribution in [0.1, 0.15) is 13.8 Å². The van der Waals surface area contributed by atoms with Crippen LogP contribution in [0.2, 0.25) is 0 Å². The molecule has 16 heavy (non-hydrogen) atoms. The fourth-order valence-corrected chi connectivity index (χ4v) is 1.72. The minimum absolute atomic E-state index is 0.135. The van der Waals surface area contributed by atoms with Crippen molar-refractivity contribution in [2.45, 2.75) is 24.6 Å². The second-order valence-corrected chi connectivity index (χ2v) is 5.08. The van der Waals surface area contributed by atoms with Crippen LogP contribution in [-0.2, 0) is 4.79 Å². The predicted octanol–water partition coefficient (Wildman–Crippen LogP) is 0.237. The van der Waals surface area contributed by atoms with Crippen LogP contribution in [0.3, 0.4) is 0 Å². The van der Waals surface area contributed by atoms with Gasteiger partial charge in [0.1, 0.15) is 12.2 Å². The Morgan fingerprint density at radius 3 is 2.62 bits per heavy atom. The third-order valence-electron chi connectivity index (χ3n) is 1.82. The Morgan fingerprint density at radius 2 is 2.25 bits per heavy atom. The van der Waals surface area contributed by atoms with Crippen molar-refractivity contribution in [1.82, 2.24) is 0 Å². The van der Waals surface area contributed by atoms with E-state index in [2.05, 4.69) is 4.99 Å². The van der Waals surface area contributed by atoms with Crippen molar-refractivity contribution in [3.8, 4) is 0 Å². The highest BCUT2D eigenvalue weighted by atomic mass is 32.2.